The summed E-state index contributed by atoms with van der Waals surface area (Å²) < 4.78 is 4.69. The summed E-state index contributed by atoms with van der Waals surface area (Å²) in [4.78, 5) is 39.1. The number of hydrogen-bond donors (Lipinski definition) is 2. The van der Waals surface area contributed by atoms with Gasteiger partial charge in [-0.3, -0.25) is 9.78 Å². The van der Waals surface area contributed by atoms with E-state index >= 15 is 0 Å². The minimum absolute atomic E-state index is 0.0928. The number of fused-ring (bicyclic) bond motifs is 1. The molecule has 2 N–H and O–H groups in total. The van der Waals surface area contributed by atoms with Crippen molar-refractivity contribution in [3.63, 3.8) is 0 Å². The van der Waals surface area contributed by atoms with Gasteiger partial charge in [0.25, 0.3) is 0 Å². The summed E-state index contributed by atoms with van der Waals surface area (Å²) in [5.74, 6) is 0.358. The number of amides is 2. The van der Waals surface area contributed by atoms with E-state index in [4.69, 9.17) is 9.72 Å². The third-order valence-electron chi connectivity index (χ3n) is 5.61. The molecule has 1 aliphatic rings. The lowest BCUT2D eigenvalue weighted by Crippen LogP contribution is -2.50. The van der Waals surface area contributed by atoms with Crippen LogP contribution in [0.4, 0.5) is 4.79 Å². The van der Waals surface area contributed by atoms with Crippen LogP contribution in [-0.4, -0.2) is 51.5 Å². The highest BCUT2D eigenvalue weighted by atomic mass is 16.5. The number of pyridine rings is 1. The Bertz CT molecular complexity index is 1180. The number of nitrogens with zero attached hydrogens (tertiary/aromatic N) is 3. The lowest BCUT2D eigenvalue weighted by Gasteiger charge is -2.27. The van der Waals surface area contributed by atoms with Gasteiger partial charge < -0.3 is 19.9 Å². The van der Waals surface area contributed by atoms with Crippen LogP contribution in [0.1, 0.15) is 31.8 Å². The van der Waals surface area contributed by atoms with Crippen molar-refractivity contribution < 1.29 is 14.3 Å². The van der Waals surface area contributed by atoms with E-state index in [1.54, 1.807) is 4.90 Å². The van der Waals surface area contributed by atoms with E-state index < -0.39 is 12.1 Å². The molecule has 166 valence electrons. The van der Waals surface area contributed by atoms with Crippen LogP contribution < -0.4 is 5.32 Å². The largest absolute Gasteiger partial charge is 0.453 e. The molecule has 2 amide bonds. The summed E-state index contributed by atoms with van der Waals surface area (Å²) in [5, 5.41) is 2.65. The quantitative estimate of drug-likeness (QED) is 0.636. The molecule has 2 aromatic heterocycles. The second kappa shape index (κ2) is 8.82. The summed E-state index contributed by atoms with van der Waals surface area (Å²) in [6.45, 7) is 6.28. The molecule has 0 fully saturated rings. The second-order valence-corrected chi connectivity index (χ2v) is 8.23. The first-order valence-electron chi connectivity index (χ1n) is 10.7. The Hall–Kier alpha value is -3.68. The number of aryl methyl sites for hydroxylation is 1. The number of H-pyrrole nitrogens is 1. The minimum Gasteiger partial charge on any atom is -0.453 e. The summed E-state index contributed by atoms with van der Waals surface area (Å²) in [6.07, 6.45) is 3.95. The molecule has 0 bridgehead atoms. The van der Waals surface area contributed by atoms with Crippen molar-refractivity contribution in [2.75, 3.05) is 13.7 Å². The predicted octanol–water partition coefficient (Wildman–Crippen LogP) is 3.89. The van der Waals surface area contributed by atoms with Gasteiger partial charge in [0.1, 0.15) is 6.04 Å². The first-order valence-corrected chi connectivity index (χ1v) is 10.7. The van der Waals surface area contributed by atoms with Crippen LogP contribution in [0.3, 0.4) is 0 Å². The molecule has 0 saturated heterocycles. The van der Waals surface area contributed by atoms with Crippen molar-refractivity contribution in [1.82, 2.24) is 25.2 Å². The smallest absolute Gasteiger partial charge is 0.407 e. The Balaban J connectivity index is 1.62. The normalized spacial score (nSPS) is 14.5. The zero-order valence-electron chi connectivity index (χ0n) is 18.7. The van der Waals surface area contributed by atoms with Gasteiger partial charge in [-0.1, -0.05) is 32.1 Å². The van der Waals surface area contributed by atoms with Crippen molar-refractivity contribution >= 4 is 28.7 Å². The van der Waals surface area contributed by atoms with Gasteiger partial charge >= 0.3 is 6.09 Å². The summed E-state index contributed by atoms with van der Waals surface area (Å²) in [5.41, 5.74) is 5.46. The van der Waals surface area contributed by atoms with E-state index in [0.29, 0.717) is 12.4 Å². The predicted molar refractivity (Wildman–Crippen MR) is 123 cm³/mol. The van der Waals surface area contributed by atoms with Crippen molar-refractivity contribution in [2.24, 2.45) is 5.92 Å². The van der Waals surface area contributed by atoms with E-state index in [2.05, 4.69) is 15.3 Å². The van der Waals surface area contributed by atoms with Gasteiger partial charge in [0.2, 0.25) is 5.91 Å². The molecule has 8 nitrogen and oxygen atoms in total. The van der Waals surface area contributed by atoms with Gasteiger partial charge in [0.15, 0.2) is 5.82 Å². The molecule has 1 aromatic carbocycles. The molecule has 4 rings (SSSR count). The molecule has 8 heteroatoms. The summed E-state index contributed by atoms with van der Waals surface area (Å²) in [7, 11) is 1.29. The average molecular weight is 434 g/mol. The van der Waals surface area contributed by atoms with E-state index in [9.17, 15) is 9.59 Å². The van der Waals surface area contributed by atoms with Crippen molar-refractivity contribution in [3.8, 4) is 11.1 Å². The number of carbonyl (C=O) groups excluding carboxylic acids is 2. The molecule has 0 spiro atoms. The van der Waals surface area contributed by atoms with Crippen molar-refractivity contribution in [3.05, 3.63) is 54.1 Å². The van der Waals surface area contributed by atoms with Crippen LogP contribution >= 0.6 is 0 Å². The highest BCUT2D eigenvalue weighted by molar-refractivity contribution is 5.94. The lowest BCUT2D eigenvalue weighted by atomic mass is 10.0. The number of methoxy groups -OCH3 is 1. The van der Waals surface area contributed by atoms with Crippen LogP contribution in [0.25, 0.3) is 27.9 Å². The fourth-order valence-corrected chi connectivity index (χ4v) is 3.83. The van der Waals surface area contributed by atoms with Gasteiger partial charge in [0, 0.05) is 24.0 Å². The maximum atomic E-state index is 13.3. The van der Waals surface area contributed by atoms with Crippen LogP contribution in [0.5, 0.6) is 0 Å². The fourth-order valence-electron chi connectivity index (χ4n) is 3.83. The van der Waals surface area contributed by atoms with Crippen molar-refractivity contribution in [2.45, 2.75) is 33.2 Å². The third-order valence-corrected chi connectivity index (χ3v) is 5.61. The molecular formula is C24H27N5O3. The number of aromatic amines is 1. The van der Waals surface area contributed by atoms with Gasteiger partial charge in [0.05, 0.1) is 23.8 Å². The molecule has 3 heterocycles. The Kier molecular flexibility index (Phi) is 5.94. The minimum atomic E-state index is -0.686. The zero-order valence-corrected chi connectivity index (χ0v) is 18.7. The SMILES string of the molecule is COC(=O)NC(C(=O)N1CCC=C1c1nc2ccc(-c3ccc(C)nc3)cc2[nH]1)C(C)C. The molecule has 32 heavy (non-hydrogen) atoms. The van der Waals surface area contributed by atoms with Crippen molar-refractivity contribution in [1.29, 1.82) is 0 Å². The molecule has 1 atom stereocenters. The summed E-state index contributed by atoms with van der Waals surface area (Å²) >= 11 is 0. The topological polar surface area (TPSA) is 100 Å². The first kappa shape index (κ1) is 21.5. The van der Waals surface area contributed by atoms with E-state index in [0.717, 1.165) is 40.0 Å². The Morgan fingerprint density at radius 2 is 1.97 bits per heavy atom. The number of nitrogens with one attached hydrogen (secondary N) is 2. The van der Waals surface area contributed by atoms with E-state index in [-0.39, 0.29) is 11.8 Å². The van der Waals surface area contributed by atoms with Crippen LogP contribution in [0.15, 0.2) is 42.6 Å². The number of alkyl carbamates (subject to hydrolysis) is 1. The van der Waals surface area contributed by atoms with E-state index in [1.807, 2.05) is 63.4 Å². The van der Waals surface area contributed by atoms with Crippen LogP contribution in [0.2, 0.25) is 0 Å². The van der Waals surface area contributed by atoms with Gasteiger partial charge in [-0.05, 0) is 43.0 Å². The van der Waals surface area contributed by atoms with Crippen LogP contribution in [-0.2, 0) is 9.53 Å². The van der Waals surface area contributed by atoms with Gasteiger partial charge in [-0.25, -0.2) is 9.78 Å². The highest BCUT2D eigenvalue weighted by Gasteiger charge is 2.33. The monoisotopic (exact) mass is 433 g/mol. The summed E-state index contributed by atoms with van der Waals surface area (Å²) in [6, 6.07) is 9.35. The molecule has 0 radical (unpaired) electrons. The molecule has 0 aliphatic carbocycles. The number of imidazole rings is 1. The fraction of sp³-hybridized carbons (Fsp3) is 0.333. The number of benzene rings is 1. The van der Waals surface area contributed by atoms with E-state index in [1.165, 1.54) is 7.11 Å². The number of aromatic nitrogens is 3. The zero-order chi connectivity index (χ0) is 22.8. The Morgan fingerprint density at radius 1 is 1.19 bits per heavy atom. The molecular weight excluding hydrogens is 406 g/mol. The van der Waals surface area contributed by atoms with Crippen LogP contribution in [0, 0.1) is 12.8 Å². The second-order valence-electron chi connectivity index (χ2n) is 8.23. The number of ether oxygens (including phenoxy) is 1. The number of hydrogen-bond acceptors (Lipinski definition) is 5. The maximum absolute atomic E-state index is 13.3. The van der Waals surface area contributed by atoms with Gasteiger partial charge in [-0.2, -0.15) is 0 Å². The highest BCUT2D eigenvalue weighted by Crippen LogP contribution is 2.29. The Labute approximate surface area is 186 Å². The molecule has 0 saturated carbocycles. The average Bonchev–Trinajstić information content (AvgIpc) is 3.43. The lowest BCUT2D eigenvalue weighted by molar-refractivity contribution is -0.130. The Morgan fingerprint density at radius 3 is 2.66 bits per heavy atom. The maximum Gasteiger partial charge on any atom is 0.407 e. The molecule has 3 aromatic rings. The number of carbonyl (C=O) groups is 2. The standard InChI is InChI=1S/C24H27N5O3/c1-14(2)21(28-24(31)32-4)23(30)29-11-5-6-20(29)22-26-18-10-9-16(12-19(18)27-22)17-8-7-15(3)25-13-17/h6-10,12-14,21H,5,11H2,1-4H3,(H,26,27)(H,28,31). The van der Waals surface area contributed by atoms with Gasteiger partial charge in [-0.15, -0.1) is 0 Å². The number of rotatable bonds is 5. The third kappa shape index (κ3) is 4.21. The molecule has 1 aliphatic heterocycles. The molecule has 1 unspecified atom stereocenters. The first-order chi connectivity index (χ1) is 15.4.